The SMILES string of the molecule is COC(=O)C=CSC(C)C. The monoisotopic (exact) mass is 160 g/mol. The first-order chi connectivity index (χ1) is 4.66. The molecule has 0 aliphatic carbocycles. The van der Waals surface area contributed by atoms with Crippen molar-refractivity contribution in [3.8, 4) is 0 Å². The minimum atomic E-state index is -0.298. The Morgan fingerprint density at radius 3 is 2.60 bits per heavy atom. The molecule has 0 bridgehead atoms. The smallest absolute Gasteiger partial charge is 0.330 e. The lowest BCUT2D eigenvalue weighted by Crippen LogP contribution is -1.93. The van der Waals surface area contributed by atoms with Gasteiger partial charge in [0.1, 0.15) is 0 Å². The Hall–Kier alpha value is -0.440. The molecule has 0 amide bonds. The molecule has 0 aromatic carbocycles. The number of esters is 1. The molecule has 0 N–H and O–H groups in total. The average molecular weight is 160 g/mol. The summed E-state index contributed by atoms with van der Waals surface area (Å²) >= 11 is 1.59. The van der Waals surface area contributed by atoms with Crippen molar-refractivity contribution in [1.29, 1.82) is 0 Å². The van der Waals surface area contributed by atoms with Gasteiger partial charge in [0.25, 0.3) is 0 Å². The number of thioether (sulfide) groups is 1. The van der Waals surface area contributed by atoms with Gasteiger partial charge in [-0.3, -0.25) is 0 Å². The van der Waals surface area contributed by atoms with Crippen LogP contribution in [-0.4, -0.2) is 18.3 Å². The highest BCUT2D eigenvalue weighted by Gasteiger charge is 1.91. The highest BCUT2D eigenvalue weighted by Crippen LogP contribution is 2.09. The maximum Gasteiger partial charge on any atom is 0.330 e. The van der Waals surface area contributed by atoms with Crippen LogP contribution in [0.5, 0.6) is 0 Å². The second kappa shape index (κ2) is 5.35. The zero-order chi connectivity index (χ0) is 7.98. The molecule has 0 radical (unpaired) electrons. The first-order valence-electron chi connectivity index (χ1n) is 3.06. The van der Waals surface area contributed by atoms with Crippen LogP contribution in [0.4, 0.5) is 0 Å². The molecule has 0 aliphatic heterocycles. The molecule has 10 heavy (non-hydrogen) atoms. The number of methoxy groups -OCH3 is 1. The number of hydrogen-bond donors (Lipinski definition) is 0. The topological polar surface area (TPSA) is 26.3 Å². The van der Waals surface area contributed by atoms with Gasteiger partial charge in [-0.1, -0.05) is 13.8 Å². The van der Waals surface area contributed by atoms with Gasteiger partial charge in [0.2, 0.25) is 0 Å². The number of ether oxygens (including phenoxy) is 1. The van der Waals surface area contributed by atoms with Crippen LogP contribution in [-0.2, 0) is 9.53 Å². The van der Waals surface area contributed by atoms with Crippen molar-refractivity contribution in [2.24, 2.45) is 0 Å². The summed E-state index contributed by atoms with van der Waals surface area (Å²) in [6.45, 7) is 4.12. The summed E-state index contributed by atoms with van der Waals surface area (Å²) in [5.41, 5.74) is 0. The van der Waals surface area contributed by atoms with Crippen molar-refractivity contribution in [3.63, 3.8) is 0 Å². The van der Waals surface area contributed by atoms with E-state index in [9.17, 15) is 4.79 Å². The van der Waals surface area contributed by atoms with Crippen molar-refractivity contribution < 1.29 is 9.53 Å². The van der Waals surface area contributed by atoms with Crippen molar-refractivity contribution in [3.05, 3.63) is 11.5 Å². The van der Waals surface area contributed by atoms with E-state index in [0.29, 0.717) is 5.25 Å². The van der Waals surface area contributed by atoms with E-state index in [1.54, 1.807) is 17.2 Å². The molecule has 0 heterocycles. The zero-order valence-electron chi connectivity index (χ0n) is 6.46. The highest BCUT2D eigenvalue weighted by atomic mass is 32.2. The molecule has 0 rings (SSSR count). The molecule has 0 fully saturated rings. The van der Waals surface area contributed by atoms with Crippen molar-refractivity contribution >= 4 is 17.7 Å². The molecule has 0 aromatic heterocycles. The summed E-state index contributed by atoms with van der Waals surface area (Å²) in [5.74, 6) is -0.298. The fourth-order valence-corrected chi connectivity index (χ4v) is 0.824. The molecule has 2 nitrogen and oxygen atoms in total. The Morgan fingerprint density at radius 1 is 1.60 bits per heavy atom. The fourth-order valence-electron chi connectivity index (χ4n) is 0.320. The van der Waals surface area contributed by atoms with Gasteiger partial charge in [0.05, 0.1) is 7.11 Å². The van der Waals surface area contributed by atoms with Gasteiger partial charge in [-0.25, -0.2) is 4.79 Å². The number of carbonyl (C=O) groups excluding carboxylic acids is 1. The van der Waals surface area contributed by atoms with Crippen LogP contribution >= 0.6 is 11.8 Å². The molecule has 3 heteroatoms. The van der Waals surface area contributed by atoms with Crippen molar-refractivity contribution in [2.75, 3.05) is 7.11 Å². The predicted molar refractivity (Wildman–Crippen MR) is 43.9 cm³/mol. The number of rotatable bonds is 3. The van der Waals surface area contributed by atoms with Gasteiger partial charge in [-0.05, 0) is 5.41 Å². The summed E-state index contributed by atoms with van der Waals surface area (Å²) in [5, 5.41) is 2.26. The first kappa shape index (κ1) is 9.56. The van der Waals surface area contributed by atoms with Crippen molar-refractivity contribution in [1.82, 2.24) is 0 Å². The van der Waals surface area contributed by atoms with E-state index in [1.165, 1.54) is 13.2 Å². The largest absolute Gasteiger partial charge is 0.466 e. The van der Waals surface area contributed by atoms with Crippen LogP contribution in [0.25, 0.3) is 0 Å². The van der Waals surface area contributed by atoms with Crippen LogP contribution in [0.15, 0.2) is 11.5 Å². The van der Waals surface area contributed by atoms with Crippen LogP contribution in [0.2, 0.25) is 0 Å². The molecular formula is C7H12O2S. The Bertz CT molecular complexity index is 130. The van der Waals surface area contributed by atoms with E-state index < -0.39 is 0 Å². The maximum atomic E-state index is 10.5. The second-order valence-corrected chi connectivity index (χ2v) is 3.50. The summed E-state index contributed by atoms with van der Waals surface area (Å²) in [7, 11) is 1.37. The molecule has 0 saturated heterocycles. The number of carbonyl (C=O) groups is 1. The normalized spacial score (nSPS) is 10.8. The molecular weight excluding hydrogens is 148 g/mol. The first-order valence-corrected chi connectivity index (χ1v) is 4.01. The fraction of sp³-hybridized carbons (Fsp3) is 0.571. The lowest BCUT2D eigenvalue weighted by molar-refractivity contribution is -0.134. The molecule has 0 unspecified atom stereocenters. The third-order valence-electron chi connectivity index (χ3n) is 0.756. The predicted octanol–water partition coefficient (Wildman–Crippen LogP) is 1.81. The Balaban J connectivity index is 3.46. The van der Waals surface area contributed by atoms with E-state index in [4.69, 9.17) is 0 Å². The van der Waals surface area contributed by atoms with Gasteiger partial charge in [0.15, 0.2) is 0 Å². The number of hydrogen-bond acceptors (Lipinski definition) is 3. The van der Waals surface area contributed by atoms with E-state index in [-0.39, 0.29) is 5.97 Å². The second-order valence-electron chi connectivity index (χ2n) is 2.01. The summed E-state index contributed by atoms with van der Waals surface area (Å²) in [4.78, 5) is 10.5. The summed E-state index contributed by atoms with van der Waals surface area (Å²) in [6.07, 6.45) is 1.42. The van der Waals surface area contributed by atoms with Crippen LogP contribution in [0, 0.1) is 0 Å². The van der Waals surface area contributed by atoms with E-state index in [1.807, 2.05) is 0 Å². The van der Waals surface area contributed by atoms with Gasteiger partial charge in [-0.15, -0.1) is 11.8 Å². The molecule has 0 saturated carbocycles. The maximum absolute atomic E-state index is 10.5. The molecule has 0 spiro atoms. The van der Waals surface area contributed by atoms with Crippen LogP contribution < -0.4 is 0 Å². The third-order valence-corrected chi connectivity index (χ3v) is 1.59. The lowest BCUT2D eigenvalue weighted by Gasteiger charge is -1.95. The highest BCUT2D eigenvalue weighted by molar-refractivity contribution is 8.02. The van der Waals surface area contributed by atoms with Crippen LogP contribution in [0.3, 0.4) is 0 Å². The van der Waals surface area contributed by atoms with Crippen molar-refractivity contribution in [2.45, 2.75) is 19.1 Å². The van der Waals surface area contributed by atoms with Crippen LogP contribution in [0.1, 0.15) is 13.8 Å². The van der Waals surface area contributed by atoms with Gasteiger partial charge in [0, 0.05) is 11.3 Å². The van der Waals surface area contributed by atoms with Gasteiger partial charge < -0.3 is 4.74 Å². The lowest BCUT2D eigenvalue weighted by atomic mass is 10.6. The van der Waals surface area contributed by atoms with E-state index >= 15 is 0 Å². The Kier molecular flexibility index (Phi) is 5.12. The average Bonchev–Trinajstić information content (AvgIpc) is 1.87. The summed E-state index contributed by atoms with van der Waals surface area (Å²) in [6, 6.07) is 0. The molecule has 0 aromatic rings. The molecule has 0 aliphatic rings. The van der Waals surface area contributed by atoms with Gasteiger partial charge >= 0.3 is 5.97 Å². The zero-order valence-corrected chi connectivity index (χ0v) is 7.27. The molecule has 0 atom stereocenters. The standard InChI is InChI=1S/C7H12O2S/c1-6(2)10-5-4-7(8)9-3/h4-6H,1-3H3. The summed E-state index contributed by atoms with van der Waals surface area (Å²) < 4.78 is 4.39. The van der Waals surface area contributed by atoms with Gasteiger partial charge in [-0.2, -0.15) is 0 Å². The minimum absolute atomic E-state index is 0.298. The molecule has 58 valence electrons. The third kappa shape index (κ3) is 5.69. The minimum Gasteiger partial charge on any atom is -0.466 e. The Morgan fingerprint density at radius 2 is 2.20 bits per heavy atom. The quantitative estimate of drug-likeness (QED) is 0.465. The van der Waals surface area contributed by atoms with E-state index in [0.717, 1.165) is 0 Å². The van der Waals surface area contributed by atoms with E-state index in [2.05, 4.69) is 18.6 Å². The Labute approximate surface area is 65.6 Å².